The average Bonchev–Trinajstić information content (AvgIpc) is 2.56. The first kappa shape index (κ1) is 15.6. The monoisotopic (exact) mass is 364 g/mol. The fourth-order valence-electron chi connectivity index (χ4n) is 3.29. The van der Waals surface area contributed by atoms with Crippen molar-refractivity contribution >= 4 is 32.5 Å². The lowest BCUT2D eigenvalue weighted by Gasteiger charge is -2.37. The fourth-order valence-corrected chi connectivity index (χ4v) is 3.99. The van der Waals surface area contributed by atoms with Gasteiger partial charge >= 0.3 is 0 Å². The molecule has 0 radical (unpaired) electrons. The Bertz CT molecular complexity index is 660. The number of rotatable bonds is 4. The predicted octanol–water partition coefficient (Wildman–Crippen LogP) is 3.75. The summed E-state index contributed by atoms with van der Waals surface area (Å²) in [7, 11) is 1.68. The fraction of sp³-hybridized carbons (Fsp3) is 0.471. The van der Waals surface area contributed by atoms with Crippen molar-refractivity contribution in [2.45, 2.75) is 31.7 Å². The van der Waals surface area contributed by atoms with E-state index in [1.165, 1.54) is 12.8 Å². The molecule has 22 heavy (non-hydrogen) atoms. The molecule has 1 N–H and O–H groups in total. The number of methoxy groups -OCH3 is 1. The molecule has 0 saturated carbocycles. The molecule has 2 aromatic rings. The molecular weight excluding hydrogens is 344 g/mol. The average molecular weight is 365 g/mol. The van der Waals surface area contributed by atoms with Crippen molar-refractivity contribution in [1.29, 1.82) is 0 Å². The van der Waals surface area contributed by atoms with Crippen LogP contribution in [0.1, 0.15) is 25.7 Å². The number of aliphatic hydroxyl groups is 1. The van der Waals surface area contributed by atoms with Crippen LogP contribution in [-0.4, -0.2) is 36.4 Å². The van der Waals surface area contributed by atoms with E-state index >= 15 is 0 Å². The Kier molecular flexibility index (Phi) is 4.84. The van der Waals surface area contributed by atoms with Crippen molar-refractivity contribution in [2.24, 2.45) is 0 Å². The van der Waals surface area contributed by atoms with Gasteiger partial charge in [0.25, 0.3) is 0 Å². The summed E-state index contributed by atoms with van der Waals surface area (Å²) >= 11 is 3.68. The maximum atomic E-state index is 9.36. The Morgan fingerprint density at radius 3 is 3.00 bits per heavy atom. The smallest absolute Gasteiger partial charge is 0.137 e. The second-order valence-corrected chi connectivity index (χ2v) is 6.46. The Morgan fingerprint density at radius 2 is 2.23 bits per heavy atom. The minimum atomic E-state index is 0.219. The summed E-state index contributed by atoms with van der Waals surface area (Å²) in [5.41, 5.74) is 0. The number of benzene rings is 1. The molecular formula is C17H21BrN2O2. The van der Waals surface area contributed by atoms with Crippen molar-refractivity contribution in [3.63, 3.8) is 0 Å². The highest BCUT2D eigenvalue weighted by Gasteiger charge is 2.25. The highest BCUT2D eigenvalue weighted by molar-refractivity contribution is 9.10. The lowest BCUT2D eigenvalue weighted by molar-refractivity contribution is 0.262. The van der Waals surface area contributed by atoms with Gasteiger partial charge in [-0.25, -0.2) is 4.98 Å². The molecule has 1 aromatic carbocycles. The number of halogens is 1. The molecule has 1 atom stereocenters. The van der Waals surface area contributed by atoms with E-state index in [1.807, 2.05) is 18.3 Å². The van der Waals surface area contributed by atoms with Crippen LogP contribution in [0.3, 0.4) is 0 Å². The first-order valence-corrected chi connectivity index (χ1v) is 8.54. The number of aromatic nitrogens is 1. The number of ether oxygens (including phenoxy) is 1. The van der Waals surface area contributed by atoms with E-state index < -0.39 is 0 Å². The van der Waals surface area contributed by atoms with E-state index in [9.17, 15) is 5.11 Å². The van der Waals surface area contributed by atoms with E-state index in [-0.39, 0.29) is 6.61 Å². The number of nitrogens with zero attached hydrogens (tertiary/aromatic N) is 2. The summed E-state index contributed by atoms with van der Waals surface area (Å²) < 4.78 is 6.38. The third-order valence-corrected chi connectivity index (χ3v) is 5.18. The van der Waals surface area contributed by atoms with E-state index in [1.54, 1.807) is 7.11 Å². The molecule has 0 amide bonds. The van der Waals surface area contributed by atoms with Crippen LogP contribution in [0.5, 0.6) is 5.75 Å². The van der Waals surface area contributed by atoms with Crippen LogP contribution < -0.4 is 9.64 Å². The zero-order chi connectivity index (χ0) is 15.5. The van der Waals surface area contributed by atoms with Crippen molar-refractivity contribution in [1.82, 2.24) is 4.98 Å². The van der Waals surface area contributed by atoms with E-state index in [0.717, 1.165) is 46.2 Å². The highest BCUT2D eigenvalue weighted by atomic mass is 79.9. The Labute approximate surface area is 139 Å². The van der Waals surface area contributed by atoms with Gasteiger partial charge in [-0.1, -0.05) is 6.07 Å². The van der Waals surface area contributed by atoms with Gasteiger partial charge in [-0.3, -0.25) is 0 Å². The van der Waals surface area contributed by atoms with Gasteiger partial charge in [0, 0.05) is 30.8 Å². The molecule has 0 aliphatic carbocycles. The van der Waals surface area contributed by atoms with Crippen LogP contribution in [0.25, 0.3) is 10.8 Å². The first-order chi connectivity index (χ1) is 10.8. The molecule has 0 spiro atoms. The number of aliphatic hydroxyl groups excluding tert-OH is 1. The molecule has 118 valence electrons. The minimum absolute atomic E-state index is 0.219. The number of fused-ring (bicyclic) bond motifs is 1. The van der Waals surface area contributed by atoms with Crippen LogP contribution >= 0.6 is 15.9 Å². The minimum Gasteiger partial charge on any atom is -0.496 e. The normalized spacial score (nSPS) is 18.7. The first-order valence-electron chi connectivity index (χ1n) is 7.75. The van der Waals surface area contributed by atoms with Gasteiger partial charge < -0.3 is 14.7 Å². The summed E-state index contributed by atoms with van der Waals surface area (Å²) in [5, 5.41) is 11.6. The molecule has 5 heteroatoms. The number of anilines is 1. The molecule has 1 fully saturated rings. The van der Waals surface area contributed by atoms with Gasteiger partial charge in [0.2, 0.25) is 0 Å². The van der Waals surface area contributed by atoms with Crippen LogP contribution in [0.2, 0.25) is 0 Å². The Hall–Kier alpha value is -1.33. The summed E-state index contributed by atoms with van der Waals surface area (Å²) in [5.74, 6) is 1.80. The van der Waals surface area contributed by atoms with E-state index in [2.05, 4.69) is 31.9 Å². The molecule has 1 saturated heterocycles. The number of pyridine rings is 1. The summed E-state index contributed by atoms with van der Waals surface area (Å²) in [6.07, 6.45) is 6.15. The molecule has 3 rings (SSSR count). The standard InChI is InChI=1S/C17H21BrN2O2/c1-22-14-6-5-12-7-9-19-17(15(12)16(14)18)20-10-3-2-4-13(20)8-11-21/h5-7,9,13,21H,2-4,8,10-11H2,1H3. The van der Waals surface area contributed by atoms with Crippen LogP contribution in [-0.2, 0) is 0 Å². The van der Waals surface area contributed by atoms with Gasteiger partial charge in [0.05, 0.1) is 11.6 Å². The van der Waals surface area contributed by atoms with E-state index in [0.29, 0.717) is 6.04 Å². The predicted molar refractivity (Wildman–Crippen MR) is 92.7 cm³/mol. The topological polar surface area (TPSA) is 45.6 Å². The van der Waals surface area contributed by atoms with Crippen LogP contribution in [0.4, 0.5) is 5.82 Å². The molecule has 1 unspecified atom stereocenters. The van der Waals surface area contributed by atoms with Gasteiger partial charge in [0.15, 0.2) is 0 Å². The zero-order valence-electron chi connectivity index (χ0n) is 12.8. The highest BCUT2D eigenvalue weighted by Crippen LogP contribution is 2.39. The molecule has 2 heterocycles. The van der Waals surface area contributed by atoms with Gasteiger partial charge in [-0.2, -0.15) is 0 Å². The maximum absolute atomic E-state index is 9.36. The van der Waals surface area contributed by atoms with Crippen LogP contribution in [0.15, 0.2) is 28.9 Å². The summed E-state index contributed by atoms with van der Waals surface area (Å²) in [6, 6.07) is 6.41. The molecule has 1 aromatic heterocycles. The Balaban J connectivity index is 2.12. The number of hydrogen-bond donors (Lipinski definition) is 1. The lowest BCUT2D eigenvalue weighted by atomic mass is 9.98. The largest absolute Gasteiger partial charge is 0.496 e. The van der Waals surface area contributed by atoms with Crippen LogP contribution in [0, 0.1) is 0 Å². The zero-order valence-corrected chi connectivity index (χ0v) is 14.3. The lowest BCUT2D eigenvalue weighted by Crippen LogP contribution is -2.40. The molecule has 1 aliphatic rings. The van der Waals surface area contributed by atoms with Gasteiger partial charge in [0.1, 0.15) is 11.6 Å². The van der Waals surface area contributed by atoms with Crippen molar-refractivity contribution in [3.8, 4) is 5.75 Å². The molecule has 1 aliphatic heterocycles. The van der Waals surface area contributed by atoms with Crippen molar-refractivity contribution in [3.05, 3.63) is 28.9 Å². The SMILES string of the molecule is COc1ccc2ccnc(N3CCCCC3CCO)c2c1Br. The van der Waals surface area contributed by atoms with Gasteiger partial charge in [-0.05, 0) is 59.1 Å². The third-order valence-electron chi connectivity index (χ3n) is 4.39. The summed E-state index contributed by atoms with van der Waals surface area (Å²) in [4.78, 5) is 7.01. The maximum Gasteiger partial charge on any atom is 0.137 e. The van der Waals surface area contributed by atoms with Crippen molar-refractivity contribution < 1.29 is 9.84 Å². The molecule has 0 bridgehead atoms. The second kappa shape index (κ2) is 6.84. The molecule has 4 nitrogen and oxygen atoms in total. The second-order valence-electron chi connectivity index (χ2n) is 5.67. The quantitative estimate of drug-likeness (QED) is 0.897. The third kappa shape index (κ3) is 2.79. The number of piperidine rings is 1. The van der Waals surface area contributed by atoms with E-state index in [4.69, 9.17) is 4.74 Å². The Morgan fingerprint density at radius 1 is 1.36 bits per heavy atom. The van der Waals surface area contributed by atoms with Crippen molar-refractivity contribution in [2.75, 3.05) is 25.2 Å². The number of hydrogen-bond acceptors (Lipinski definition) is 4. The summed E-state index contributed by atoms with van der Waals surface area (Å²) in [6.45, 7) is 1.21. The van der Waals surface area contributed by atoms with Gasteiger partial charge in [-0.15, -0.1) is 0 Å².